The summed E-state index contributed by atoms with van der Waals surface area (Å²) < 4.78 is 3.54. The Balaban J connectivity index is 1.64. The molecule has 1 amide bonds. The summed E-state index contributed by atoms with van der Waals surface area (Å²) >= 11 is 0. The van der Waals surface area contributed by atoms with Crippen LogP contribution >= 0.6 is 0 Å². The highest BCUT2D eigenvalue weighted by atomic mass is 16.1. The standard InChI is InChI=1S/C19H22N4O2/c1-13-5-4-6-16-18(13)21-12-23(19(16)25)10-9-17(24)20-11-15-8-7-14(2)22(15)3/h4-8,12H,9-11H2,1-3H3,(H,20,24). The maximum atomic E-state index is 12.5. The number of hydrogen-bond acceptors (Lipinski definition) is 3. The smallest absolute Gasteiger partial charge is 0.261 e. The molecule has 0 unspecified atom stereocenters. The molecule has 1 aromatic carbocycles. The number of hydrogen-bond donors (Lipinski definition) is 1. The Morgan fingerprint density at radius 2 is 2.00 bits per heavy atom. The van der Waals surface area contributed by atoms with Gasteiger partial charge in [0.1, 0.15) is 0 Å². The molecule has 1 N–H and O–H groups in total. The van der Waals surface area contributed by atoms with Crippen LogP contribution < -0.4 is 10.9 Å². The number of fused-ring (bicyclic) bond motifs is 1. The lowest BCUT2D eigenvalue weighted by Gasteiger charge is -2.09. The zero-order chi connectivity index (χ0) is 18.0. The van der Waals surface area contributed by atoms with Crippen molar-refractivity contribution in [3.05, 3.63) is 64.0 Å². The maximum absolute atomic E-state index is 12.5. The van der Waals surface area contributed by atoms with E-state index in [9.17, 15) is 9.59 Å². The number of carbonyl (C=O) groups excluding carboxylic acids is 1. The van der Waals surface area contributed by atoms with Gasteiger partial charge in [0, 0.05) is 31.4 Å². The second kappa shape index (κ2) is 6.93. The molecule has 0 radical (unpaired) electrons. The van der Waals surface area contributed by atoms with Crippen LogP contribution in [-0.4, -0.2) is 20.0 Å². The minimum atomic E-state index is -0.112. The fourth-order valence-corrected chi connectivity index (χ4v) is 2.84. The van der Waals surface area contributed by atoms with Crippen LogP contribution in [-0.2, 0) is 24.9 Å². The number of amides is 1. The zero-order valence-electron chi connectivity index (χ0n) is 14.7. The van der Waals surface area contributed by atoms with Gasteiger partial charge in [0.15, 0.2) is 0 Å². The molecule has 0 fully saturated rings. The lowest BCUT2D eigenvalue weighted by Crippen LogP contribution is -2.28. The summed E-state index contributed by atoms with van der Waals surface area (Å²) in [6.07, 6.45) is 1.76. The highest BCUT2D eigenvalue weighted by Crippen LogP contribution is 2.11. The molecule has 0 bridgehead atoms. The van der Waals surface area contributed by atoms with Gasteiger partial charge in [-0.15, -0.1) is 0 Å². The highest BCUT2D eigenvalue weighted by Gasteiger charge is 2.08. The minimum absolute atomic E-state index is 0.0879. The Morgan fingerprint density at radius 3 is 2.72 bits per heavy atom. The van der Waals surface area contributed by atoms with Crippen LogP contribution in [0, 0.1) is 13.8 Å². The molecule has 0 atom stereocenters. The Bertz CT molecular complexity index is 985. The largest absolute Gasteiger partial charge is 0.350 e. The first-order valence-corrected chi connectivity index (χ1v) is 8.30. The number of aryl methyl sites for hydroxylation is 3. The van der Waals surface area contributed by atoms with Crippen LogP contribution in [0.1, 0.15) is 23.4 Å². The molecule has 2 heterocycles. The molecule has 0 aliphatic rings. The van der Waals surface area contributed by atoms with Gasteiger partial charge in [0.05, 0.1) is 23.8 Å². The number of carbonyl (C=O) groups is 1. The quantitative estimate of drug-likeness (QED) is 0.774. The van der Waals surface area contributed by atoms with Gasteiger partial charge >= 0.3 is 0 Å². The van der Waals surface area contributed by atoms with Gasteiger partial charge in [-0.2, -0.15) is 0 Å². The van der Waals surface area contributed by atoms with E-state index in [0.717, 1.165) is 17.0 Å². The van der Waals surface area contributed by atoms with E-state index in [0.29, 0.717) is 24.0 Å². The molecule has 0 spiro atoms. The molecule has 3 rings (SSSR count). The Hall–Kier alpha value is -2.89. The molecule has 6 nitrogen and oxygen atoms in total. The molecule has 0 aliphatic heterocycles. The summed E-state index contributed by atoms with van der Waals surface area (Å²) in [7, 11) is 1.97. The second-order valence-corrected chi connectivity index (χ2v) is 6.27. The van der Waals surface area contributed by atoms with Crippen molar-refractivity contribution in [3.63, 3.8) is 0 Å². The van der Waals surface area contributed by atoms with E-state index in [1.165, 1.54) is 10.9 Å². The molecular formula is C19H22N4O2. The highest BCUT2D eigenvalue weighted by molar-refractivity contribution is 5.80. The molecule has 6 heteroatoms. The van der Waals surface area contributed by atoms with Gasteiger partial charge in [-0.25, -0.2) is 4.98 Å². The minimum Gasteiger partial charge on any atom is -0.350 e. The molecular weight excluding hydrogens is 316 g/mol. The van der Waals surface area contributed by atoms with E-state index in [2.05, 4.69) is 10.3 Å². The number of nitrogens with one attached hydrogen (secondary N) is 1. The third-order valence-electron chi connectivity index (χ3n) is 4.58. The third kappa shape index (κ3) is 3.47. The fourth-order valence-electron chi connectivity index (χ4n) is 2.84. The van der Waals surface area contributed by atoms with Gasteiger partial charge in [-0.3, -0.25) is 14.2 Å². The van der Waals surface area contributed by atoms with E-state index in [1.807, 2.05) is 49.7 Å². The molecule has 0 saturated carbocycles. The second-order valence-electron chi connectivity index (χ2n) is 6.27. The lowest BCUT2D eigenvalue weighted by molar-refractivity contribution is -0.121. The first-order valence-electron chi connectivity index (χ1n) is 8.30. The predicted molar refractivity (Wildman–Crippen MR) is 97.4 cm³/mol. The van der Waals surface area contributed by atoms with Crippen LogP contribution in [0.25, 0.3) is 10.9 Å². The topological polar surface area (TPSA) is 68.9 Å². The first kappa shape index (κ1) is 17.0. The Morgan fingerprint density at radius 1 is 1.20 bits per heavy atom. The van der Waals surface area contributed by atoms with Crippen molar-refractivity contribution in [2.24, 2.45) is 7.05 Å². The van der Waals surface area contributed by atoms with E-state index in [4.69, 9.17) is 0 Å². The average Bonchev–Trinajstić information content (AvgIpc) is 2.92. The molecule has 0 saturated heterocycles. The zero-order valence-corrected chi connectivity index (χ0v) is 14.7. The van der Waals surface area contributed by atoms with Gasteiger partial charge in [-0.1, -0.05) is 12.1 Å². The first-order chi connectivity index (χ1) is 12.0. The van der Waals surface area contributed by atoms with E-state index < -0.39 is 0 Å². The number of rotatable bonds is 5. The van der Waals surface area contributed by atoms with E-state index >= 15 is 0 Å². The number of nitrogens with zero attached hydrogens (tertiary/aromatic N) is 3. The van der Waals surface area contributed by atoms with E-state index in [1.54, 1.807) is 6.07 Å². The predicted octanol–water partition coefficient (Wildman–Crippen LogP) is 2.06. The van der Waals surface area contributed by atoms with Crippen molar-refractivity contribution in [3.8, 4) is 0 Å². The summed E-state index contributed by atoms with van der Waals surface area (Å²) in [6, 6.07) is 9.56. The SMILES string of the molecule is Cc1cccc2c(=O)n(CCC(=O)NCc3ccc(C)n3C)cnc12. The molecule has 130 valence electrons. The van der Waals surface area contributed by atoms with Crippen LogP contribution in [0.15, 0.2) is 41.5 Å². The monoisotopic (exact) mass is 338 g/mol. The third-order valence-corrected chi connectivity index (χ3v) is 4.58. The lowest BCUT2D eigenvalue weighted by atomic mass is 10.1. The summed E-state index contributed by atoms with van der Waals surface area (Å²) in [5.74, 6) is -0.0879. The van der Waals surface area contributed by atoms with E-state index in [-0.39, 0.29) is 17.9 Å². The Kier molecular flexibility index (Phi) is 4.70. The fraction of sp³-hybridized carbons (Fsp3) is 0.316. The van der Waals surface area contributed by atoms with Gasteiger partial charge < -0.3 is 9.88 Å². The van der Waals surface area contributed by atoms with Gasteiger partial charge in [0.2, 0.25) is 5.91 Å². The van der Waals surface area contributed by atoms with Gasteiger partial charge in [0.25, 0.3) is 5.56 Å². The van der Waals surface area contributed by atoms with Crippen molar-refractivity contribution in [2.75, 3.05) is 0 Å². The number of benzene rings is 1. The van der Waals surface area contributed by atoms with Crippen molar-refractivity contribution in [1.82, 2.24) is 19.4 Å². The van der Waals surface area contributed by atoms with Crippen LogP contribution in [0.3, 0.4) is 0 Å². The van der Waals surface area contributed by atoms with Gasteiger partial charge in [-0.05, 0) is 37.6 Å². The summed E-state index contributed by atoms with van der Waals surface area (Å²) in [4.78, 5) is 28.9. The van der Waals surface area contributed by atoms with Crippen LogP contribution in [0.5, 0.6) is 0 Å². The van der Waals surface area contributed by atoms with Crippen molar-refractivity contribution >= 4 is 16.8 Å². The van der Waals surface area contributed by atoms with Crippen LogP contribution in [0.4, 0.5) is 0 Å². The summed E-state index contributed by atoms with van der Waals surface area (Å²) in [5, 5.41) is 3.48. The molecule has 3 aromatic rings. The Labute approximate surface area is 146 Å². The molecule has 2 aromatic heterocycles. The molecule has 25 heavy (non-hydrogen) atoms. The number of aromatic nitrogens is 3. The van der Waals surface area contributed by atoms with Crippen molar-refractivity contribution in [2.45, 2.75) is 33.4 Å². The van der Waals surface area contributed by atoms with Crippen molar-refractivity contribution < 1.29 is 4.79 Å². The average molecular weight is 338 g/mol. The number of para-hydroxylation sites is 1. The van der Waals surface area contributed by atoms with Crippen LogP contribution in [0.2, 0.25) is 0 Å². The molecule has 0 aliphatic carbocycles. The maximum Gasteiger partial charge on any atom is 0.261 e. The van der Waals surface area contributed by atoms with Crippen molar-refractivity contribution in [1.29, 1.82) is 0 Å². The normalized spacial score (nSPS) is 11.0. The summed E-state index contributed by atoms with van der Waals surface area (Å²) in [6.45, 7) is 4.74. The summed E-state index contributed by atoms with van der Waals surface area (Å²) in [5.41, 5.74) is 3.77.